The maximum Gasteiger partial charge on any atom is 0.0669 e. The van der Waals surface area contributed by atoms with Crippen molar-refractivity contribution in [3.63, 3.8) is 0 Å². The van der Waals surface area contributed by atoms with Gasteiger partial charge in [-0.25, -0.2) is 0 Å². The van der Waals surface area contributed by atoms with E-state index in [1.54, 1.807) is 0 Å². The molecule has 0 amide bonds. The Balaban J connectivity index is 2.38. The van der Waals surface area contributed by atoms with E-state index in [-0.39, 0.29) is 0 Å². The van der Waals surface area contributed by atoms with Crippen LogP contribution in [0, 0.1) is 18.3 Å². The van der Waals surface area contributed by atoms with Crippen LogP contribution in [0.1, 0.15) is 23.6 Å². The highest BCUT2D eigenvalue weighted by Gasteiger charge is 2.02. The molecule has 2 rings (SSSR count). The number of nitrogens with zero attached hydrogens (tertiary/aromatic N) is 1. The Morgan fingerprint density at radius 1 is 1.00 bits per heavy atom. The molecule has 0 heterocycles. The van der Waals surface area contributed by atoms with Crippen molar-refractivity contribution in [3.8, 4) is 17.2 Å². The van der Waals surface area contributed by atoms with Crippen LogP contribution in [0.4, 0.5) is 0 Å². The second-order valence-corrected chi connectivity index (χ2v) is 4.53. The van der Waals surface area contributed by atoms with Crippen molar-refractivity contribution in [2.45, 2.75) is 26.7 Å². The molecule has 0 aromatic heterocycles. The van der Waals surface area contributed by atoms with Crippen LogP contribution in [0.15, 0.2) is 42.5 Å². The van der Waals surface area contributed by atoms with E-state index >= 15 is 0 Å². The molecule has 2 aromatic carbocycles. The number of hydrogen-bond acceptors (Lipinski definition) is 1. The van der Waals surface area contributed by atoms with Gasteiger partial charge in [-0.2, -0.15) is 5.26 Å². The molecule has 0 fully saturated rings. The lowest BCUT2D eigenvalue weighted by molar-refractivity contribution is 1.14. The van der Waals surface area contributed by atoms with E-state index < -0.39 is 0 Å². The zero-order valence-electron chi connectivity index (χ0n) is 10.9. The summed E-state index contributed by atoms with van der Waals surface area (Å²) in [6.45, 7) is 4.21. The van der Waals surface area contributed by atoms with Crippen LogP contribution >= 0.6 is 0 Å². The zero-order valence-corrected chi connectivity index (χ0v) is 10.9. The predicted octanol–water partition coefficient (Wildman–Crippen LogP) is 4.29. The lowest BCUT2D eigenvalue weighted by Gasteiger charge is -2.07. The van der Waals surface area contributed by atoms with Gasteiger partial charge in [0.2, 0.25) is 0 Å². The van der Waals surface area contributed by atoms with Gasteiger partial charge in [0, 0.05) is 0 Å². The standard InChI is InChI=1S/C17H17N/c1-3-14-5-8-15(9-6-14)17-7-4-13(2)16(12-17)10-11-18/h4-9,12H,3,10H2,1-2H3. The SMILES string of the molecule is CCc1ccc(-c2ccc(C)c(CC#N)c2)cc1. The maximum absolute atomic E-state index is 8.82. The quantitative estimate of drug-likeness (QED) is 0.778. The van der Waals surface area contributed by atoms with E-state index in [2.05, 4.69) is 62.4 Å². The van der Waals surface area contributed by atoms with E-state index in [4.69, 9.17) is 5.26 Å². The first-order valence-electron chi connectivity index (χ1n) is 6.30. The van der Waals surface area contributed by atoms with Crippen LogP contribution in [0.2, 0.25) is 0 Å². The first-order valence-corrected chi connectivity index (χ1v) is 6.30. The Morgan fingerprint density at radius 2 is 1.67 bits per heavy atom. The molecule has 90 valence electrons. The minimum absolute atomic E-state index is 0.479. The Bertz CT molecular complexity index is 574. The number of hydrogen-bond donors (Lipinski definition) is 0. The van der Waals surface area contributed by atoms with E-state index in [1.807, 2.05) is 0 Å². The molecule has 0 radical (unpaired) electrons. The molecule has 0 unspecified atom stereocenters. The number of nitriles is 1. The zero-order chi connectivity index (χ0) is 13.0. The number of benzene rings is 2. The van der Waals surface area contributed by atoms with E-state index in [1.165, 1.54) is 22.3 Å². The Kier molecular flexibility index (Phi) is 3.79. The second-order valence-electron chi connectivity index (χ2n) is 4.53. The van der Waals surface area contributed by atoms with Gasteiger partial charge < -0.3 is 0 Å². The third kappa shape index (κ3) is 2.60. The van der Waals surface area contributed by atoms with Gasteiger partial charge in [-0.1, -0.05) is 43.3 Å². The van der Waals surface area contributed by atoms with Crippen molar-refractivity contribution < 1.29 is 0 Å². The van der Waals surface area contributed by atoms with Crippen molar-refractivity contribution in [3.05, 3.63) is 59.2 Å². The van der Waals surface area contributed by atoms with Gasteiger partial charge in [-0.3, -0.25) is 0 Å². The lowest BCUT2D eigenvalue weighted by Crippen LogP contribution is -1.89. The van der Waals surface area contributed by atoms with E-state index in [9.17, 15) is 0 Å². The molecule has 1 nitrogen and oxygen atoms in total. The Morgan fingerprint density at radius 3 is 2.28 bits per heavy atom. The van der Waals surface area contributed by atoms with Crippen LogP contribution in [0.3, 0.4) is 0 Å². The van der Waals surface area contributed by atoms with Gasteiger partial charge in [0.15, 0.2) is 0 Å². The minimum Gasteiger partial charge on any atom is -0.198 e. The van der Waals surface area contributed by atoms with Crippen LogP contribution in [-0.4, -0.2) is 0 Å². The molecule has 0 N–H and O–H groups in total. The second kappa shape index (κ2) is 5.51. The van der Waals surface area contributed by atoms with Crippen LogP contribution < -0.4 is 0 Å². The first kappa shape index (κ1) is 12.4. The van der Waals surface area contributed by atoms with Gasteiger partial charge >= 0.3 is 0 Å². The summed E-state index contributed by atoms with van der Waals surface area (Å²) in [5.74, 6) is 0. The van der Waals surface area contributed by atoms with Gasteiger partial charge in [-0.05, 0) is 47.2 Å². The summed E-state index contributed by atoms with van der Waals surface area (Å²) >= 11 is 0. The van der Waals surface area contributed by atoms with Crippen molar-refractivity contribution in [2.75, 3.05) is 0 Å². The molecule has 0 saturated carbocycles. The third-order valence-corrected chi connectivity index (χ3v) is 3.31. The monoisotopic (exact) mass is 235 g/mol. The summed E-state index contributed by atoms with van der Waals surface area (Å²) in [6.07, 6.45) is 1.54. The van der Waals surface area contributed by atoms with Gasteiger partial charge in [-0.15, -0.1) is 0 Å². The highest BCUT2D eigenvalue weighted by Crippen LogP contribution is 2.23. The molecule has 0 aliphatic heterocycles. The summed E-state index contributed by atoms with van der Waals surface area (Å²) in [5.41, 5.74) is 6.06. The molecule has 0 aliphatic carbocycles. The van der Waals surface area contributed by atoms with E-state index in [0.29, 0.717) is 6.42 Å². The summed E-state index contributed by atoms with van der Waals surface area (Å²) in [4.78, 5) is 0. The van der Waals surface area contributed by atoms with Crippen LogP contribution in [-0.2, 0) is 12.8 Å². The lowest BCUT2D eigenvalue weighted by atomic mass is 9.97. The topological polar surface area (TPSA) is 23.8 Å². The molecule has 0 bridgehead atoms. The molecule has 18 heavy (non-hydrogen) atoms. The predicted molar refractivity (Wildman–Crippen MR) is 75.3 cm³/mol. The van der Waals surface area contributed by atoms with Gasteiger partial charge in [0.05, 0.1) is 12.5 Å². The normalized spacial score (nSPS) is 10.1. The molecule has 0 atom stereocenters. The molecule has 0 saturated heterocycles. The molecule has 2 aromatic rings. The number of aryl methyl sites for hydroxylation is 2. The summed E-state index contributed by atoms with van der Waals surface area (Å²) < 4.78 is 0. The Labute approximate surface area is 109 Å². The van der Waals surface area contributed by atoms with E-state index in [0.717, 1.165) is 12.0 Å². The maximum atomic E-state index is 8.82. The van der Waals surface area contributed by atoms with Gasteiger partial charge in [0.1, 0.15) is 0 Å². The summed E-state index contributed by atoms with van der Waals surface area (Å²) in [6, 6.07) is 17.2. The molecular formula is C17H17N. The fraction of sp³-hybridized carbons (Fsp3) is 0.235. The smallest absolute Gasteiger partial charge is 0.0669 e. The molecular weight excluding hydrogens is 218 g/mol. The molecule has 0 aliphatic rings. The fourth-order valence-electron chi connectivity index (χ4n) is 2.06. The molecule has 0 spiro atoms. The largest absolute Gasteiger partial charge is 0.198 e. The highest BCUT2D eigenvalue weighted by atomic mass is 14.2. The minimum atomic E-state index is 0.479. The van der Waals surface area contributed by atoms with Crippen molar-refractivity contribution in [2.24, 2.45) is 0 Å². The van der Waals surface area contributed by atoms with Gasteiger partial charge in [0.25, 0.3) is 0 Å². The first-order chi connectivity index (χ1) is 8.74. The van der Waals surface area contributed by atoms with Crippen LogP contribution in [0.25, 0.3) is 11.1 Å². The Hall–Kier alpha value is -2.07. The highest BCUT2D eigenvalue weighted by molar-refractivity contribution is 5.65. The van der Waals surface area contributed by atoms with Crippen molar-refractivity contribution in [1.29, 1.82) is 5.26 Å². The fourth-order valence-corrected chi connectivity index (χ4v) is 2.06. The third-order valence-electron chi connectivity index (χ3n) is 3.31. The average molecular weight is 235 g/mol. The summed E-state index contributed by atoms with van der Waals surface area (Å²) in [7, 11) is 0. The van der Waals surface area contributed by atoms with Crippen molar-refractivity contribution >= 4 is 0 Å². The number of rotatable bonds is 3. The van der Waals surface area contributed by atoms with Crippen LogP contribution in [0.5, 0.6) is 0 Å². The molecule has 1 heteroatoms. The summed E-state index contributed by atoms with van der Waals surface area (Å²) in [5, 5.41) is 8.82. The average Bonchev–Trinajstić information content (AvgIpc) is 2.42. The van der Waals surface area contributed by atoms with Crippen molar-refractivity contribution in [1.82, 2.24) is 0 Å².